The van der Waals surface area contributed by atoms with Crippen LogP contribution in [0.5, 0.6) is 0 Å². The van der Waals surface area contributed by atoms with Gasteiger partial charge in [0, 0.05) is 16.9 Å². The number of nitrogens with one attached hydrogen (secondary N) is 2. The van der Waals surface area contributed by atoms with Crippen LogP contribution >= 0.6 is 0 Å². The summed E-state index contributed by atoms with van der Waals surface area (Å²) in [5.41, 5.74) is 13.2. The standard InChI is InChI=1S/C16H15N7O/c17-14-21-13(22-15(18)23-14)10-6-8-12(9-7-10)20-16(24)19-11-4-2-1-3-5-11/h1-9H,(H2,19,20,24)(H4,17,18,21,22,23). The summed E-state index contributed by atoms with van der Waals surface area (Å²) in [4.78, 5) is 23.7. The Hall–Kier alpha value is -3.68. The van der Waals surface area contributed by atoms with Gasteiger partial charge in [-0.1, -0.05) is 18.2 Å². The monoisotopic (exact) mass is 321 g/mol. The van der Waals surface area contributed by atoms with Crippen LogP contribution in [0.25, 0.3) is 11.4 Å². The van der Waals surface area contributed by atoms with Crippen molar-refractivity contribution in [2.24, 2.45) is 0 Å². The van der Waals surface area contributed by atoms with Crippen molar-refractivity contribution in [1.82, 2.24) is 15.0 Å². The third-order valence-corrected chi connectivity index (χ3v) is 3.10. The molecule has 8 heteroatoms. The fourth-order valence-corrected chi connectivity index (χ4v) is 2.06. The highest BCUT2D eigenvalue weighted by Crippen LogP contribution is 2.19. The molecule has 0 aliphatic carbocycles. The lowest BCUT2D eigenvalue weighted by atomic mass is 10.2. The molecule has 2 amide bonds. The first-order valence-electron chi connectivity index (χ1n) is 7.11. The van der Waals surface area contributed by atoms with E-state index in [1.807, 2.05) is 18.2 Å². The number of amides is 2. The predicted molar refractivity (Wildman–Crippen MR) is 93.2 cm³/mol. The summed E-state index contributed by atoms with van der Waals surface area (Å²) in [6, 6.07) is 15.8. The van der Waals surface area contributed by atoms with Gasteiger partial charge in [-0.25, -0.2) is 4.79 Å². The topological polar surface area (TPSA) is 132 Å². The highest BCUT2D eigenvalue weighted by molar-refractivity contribution is 5.99. The van der Waals surface area contributed by atoms with E-state index < -0.39 is 0 Å². The number of hydrogen-bond acceptors (Lipinski definition) is 6. The van der Waals surface area contributed by atoms with Crippen LogP contribution < -0.4 is 22.1 Å². The molecule has 120 valence electrons. The van der Waals surface area contributed by atoms with Gasteiger partial charge in [0.2, 0.25) is 11.9 Å². The number of urea groups is 1. The van der Waals surface area contributed by atoms with E-state index in [0.29, 0.717) is 22.8 Å². The summed E-state index contributed by atoms with van der Waals surface area (Å²) in [7, 11) is 0. The molecular formula is C16H15N7O. The van der Waals surface area contributed by atoms with Crippen molar-refractivity contribution in [1.29, 1.82) is 0 Å². The molecule has 24 heavy (non-hydrogen) atoms. The van der Waals surface area contributed by atoms with Gasteiger partial charge in [-0.2, -0.15) is 15.0 Å². The zero-order valence-electron chi connectivity index (χ0n) is 12.6. The lowest BCUT2D eigenvalue weighted by Crippen LogP contribution is -2.19. The molecule has 3 rings (SSSR count). The molecule has 1 heterocycles. The Balaban J connectivity index is 1.69. The Labute approximate surface area is 138 Å². The van der Waals surface area contributed by atoms with E-state index in [9.17, 15) is 4.79 Å². The van der Waals surface area contributed by atoms with Gasteiger partial charge in [-0.05, 0) is 36.4 Å². The number of anilines is 4. The summed E-state index contributed by atoms with van der Waals surface area (Å²) in [5, 5.41) is 5.47. The van der Waals surface area contributed by atoms with Crippen molar-refractivity contribution in [2.45, 2.75) is 0 Å². The molecule has 3 aromatic rings. The van der Waals surface area contributed by atoms with Crippen molar-refractivity contribution < 1.29 is 4.79 Å². The van der Waals surface area contributed by atoms with Crippen LogP contribution in [0.15, 0.2) is 54.6 Å². The van der Waals surface area contributed by atoms with Crippen molar-refractivity contribution in [3.05, 3.63) is 54.6 Å². The number of rotatable bonds is 3. The number of hydrogen-bond donors (Lipinski definition) is 4. The van der Waals surface area contributed by atoms with Gasteiger partial charge >= 0.3 is 6.03 Å². The maximum Gasteiger partial charge on any atom is 0.323 e. The van der Waals surface area contributed by atoms with Gasteiger partial charge in [-0.15, -0.1) is 0 Å². The molecule has 6 N–H and O–H groups in total. The summed E-state index contributed by atoms with van der Waals surface area (Å²) in [5.74, 6) is 0.490. The lowest BCUT2D eigenvalue weighted by Gasteiger charge is -2.08. The SMILES string of the molecule is Nc1nc(N)nc(-c2ccc(NC(=O)Nc3ccccc3)cc2)n1. The molecule has 8 nitrogen and oxygen atoms in total. The first-order valence-corrected chi connectivity index (χ1v) is 7.11. The minimum absolute atomic E-state index is 0.0574. The molecule has 0 saturated heterocycles. The zero-order chi connectivity index (χ0) is 16.9. The third kappa shape index (κ3) is 3.74. The van der Waals surface area contributed by atoms with Crippen LogP contribution in [0.1, 0.15) is 0 Å². The first kappa shape index (κ1) is 15.2. The molecule has 1 aromatic heterocycles. The molecule has 0 fully saturated rings. The number of benzene rings is 2. The second kappa shape index (κ2) is 6.61. The smallest absolute Gasteiger partial charge is 0.323 e. The van der Waals surface area contributed by atoms with Crippen LogP contribution in [-0.4, -0.2) is 21.0 Å². The second-order valence-corrected chi connectivity index (χ2v) is 4.90. The summed E-state index contributed by atoms with van der Waals surface area (Å²) in [6.07, 6.45) is 0. The molecule has 0 bridgehead atoms. The molecule has 0 spiro atoms. The van der Waals surface area contributed by atoms with Gasteiger partial charge in [-0.3, -0.25) is 0 Å². The molecule has 2 aromatic carbocycles. The highest BCUT2D eigenvalue weighted by atomic mass is 16.2. The van der Waals surface area contributed by atoms with Crippen molar-refractivity contribution in [3.8, 4) is 11.4 Å². The minimum atomic E-state index is -0.331. The first-order chi connectivity index (χ1) is 11.6. The van der Waals surface area contributed by atoms with E-state index >= 15 is 0 Å². The average molecular weight is 321 g/mol. The Bertz CT molecular complexity index is 830. The number of nitrogens with two attached hydrogens (primary N) is 2. The van der Waals surface area contributed by atoms with E-state index in [1.165, 1.54) is 0 Å². The highest BCUT2D eigenvalue weighted by Gasteiger charge is 2.06. The predicted octanol–water partition coefficient (Wildman–Crippen LogP) is 2.35. The van der Waals surface area contributed by atoms with Gasteiger partial charge < -0.3 is 22.1 Å². The van der Waals surface area contributed by atoms with Gasteiger partial charge in [0.05, 0.1) is 0 Å². The fraction of sp³-hybridized carbons (Fsp3) is 0. The number of para-hydroxylation sites is 1. The largest absolute Gasteiger partial charge is 0.368 e. The number of aromatic nitrogens is 3. The van der Waals surface area contributed by atoms with Crippen molar-refractivity contribution >= 4 is 29.3 Å². The van der Waals surface area contributed by atoms with Gasteiger partial charge in [0.15, 0.2) is 5.82 Å². The maximum absolute atomic E-state index is 11.9. The molecule has 0 aliphatic heterocycles. The van der Waals surface area contributed by atoms with Crippen LogP contribution in [0.2, 0.25) is 0 Å². The normalized spacial score (nSPS) is 10.2. The summed E-state index contributed by atoms with van der Waals surface area (Å²) in [6.45, 7) is 0. The number of nitrogen functional groups attached to an aromatic ring is 2. The quantitative estimate of drug-likeness (QED) is 0.585. The van der Waals surface area contributed by atoms with Crippen LogP contribution in [-0.2, 0) is 0 Å². The third-order valence-electron chi connectivity index (χ3n) is 3.10. The van der Waals surface area contributed by atoms with Crippen molar-refractivity contribution in [2.75, 3.05) is 22.1 Å². The molecule has 0 aliphatic rings. The minimum Gasteiger partial charge on any atom is -0.368 e. The van der Waals surface area contributed by atoms with E-state index in [1.54, 1.807) is 36.4 Å². The van der Waals surface area contributed by atoms with Gasteiger partial charge in [0.1, 0.15) is 0 Å². The summed E-state index contributed by atoms with van der Waals surface area (Å²) < 4.78 is 0. The van der Waals surface area contributed by atoms with E-state index in [2.05, 4.69) is 25.6 Å². The van der Waals surface area contributed by atoms with Crippen LogP contribution in [0.4, 0.5) is 28.1 Å². The lowest BCUT2D eigenvalue weighted by molar-refractivity contribution is 0.262. The van der Waals surface area contributed by atoms with Crippen LogP contribution in [0, 0.1) is 0 Å². The number of carbonyl (C=O) groups excluding carboxylic acids is 1. The van der Waals surface area contributed by atoms with Crippen LogP contribution in [0.3, 0.4) is 0 Å². The van der Waals surface area contributed by atoms with E-state index in [4.69, 9.17) is 11.5 Å². The summed E-state index contributed by atoms with van der Waals surface area (Å²) >= 11 is 0. The fourth-order valence-electron chi connectivity index (χ4n) is 2.06. The Morgan fingerprint density at radius 1 is 0.750 bits per heavy atom. The Kier molecular flexibility index (Phi) is 4.19. The number of carbonyl (C=O) groups is 1. The number of nitrogens with zero attached hydrogens (tertiary/aromatic N) is 3. The molecule has 0 saturated carbocycles. The van der Waals surface area contributed by atoms with E-state index in [0.717, 1.165) is 0 Å². The zero-order valence-corrected chi connectivity index (χ0v) is 12.6. The van der Waals surface area contributed by atoms with Gasteiger partial charge in [0.25, 0.3) is 0 Å². The second-order valence-electron chi connectivity index (χ2n) is 4.90. The average Bonchev–Trinajstić information content (AvgIpc) is 2.55. The molecule has 0 unspecified atom stereocenters. The molecular weight excluding hydrogens is 306 g/mol. The molecule has 0 atom stereocenters. The van der Waals surface area contributed by atoms with E-state index in [-0.39, 0.29) is 17.9 Å². The van der Waals surface area contributed by atoms with Crippen molar-refractivity contribution in [3.63, 3.8) is 0 Å². The molecule has 0 radical (unpaired) electrons. The Morgan fingerprint density at radius 3 is 1.88 bits per heavy atom. The Morgan fingerprint density at radius 2 is 1.29 bits per heavy atom. The maximum atomic E-state index is 11.9.